The Morgan fingerprint density at radius 2 is 1.73 bits per heavy atom. The van der Waals surface area contributed by atoms with Crippen LogP contribution in [0.1, 0.15) is 11.4 Å². The maximum absolute atomic E-state index is 14.0. The molecule has 3 rings (SSSR count). The first-order valence-electron chi connectivity index (χ1n) is 7.31. The summed E-state index contributed by atoms with van der Waals surface area (Å²) in [5.41, 5.74) is 0.900. The van der Waals surface area contributed by atoms with Gasteiger partial charge in [0.2, 0.25) is 0 Å². The highest BCUT2D eigenvalue weighted by Gasteiger charge is 2.19. The maximum Gasteiger partial charge on any atom is 0.183 e. The zero-order chi connectivity index (χ0) is 15.5. The van der Waals surface area contributed by atoms with Crippen molar-refractivity contribution in [2.45, 2.75) is 6.42 Å². The number of benzene rings is 1. The van der Waals surface area contributed by atoms with Crippen molar-refractivity contribution in [3.05, 3.63) is 53.5 Å². The monoisotopic (exact) mass is 304 g/mol. The van der Waals surface area contributed by atoms with Gasteiger partial charge in [-0.1, -0.05) is 12.1 Å². The van der Waals surface area contributed by atoms with Crippen LogP contribution >= 0.6 is 0 Å². The van der Waals surface area contributed by atoms with Crippen molar-refractivity contribution < 1.29 is 8.78 Å². The maximum atomic E-state index is 14.0. The van der Waals surface area contributed by atoms with Crippen molar-refractivity contribution in [1.29, 1.82) is 0 Å². The Bertz CT molecular complexity index is 637. The van der Waals surface area contributed by atoms with Gasteiger partial charge in [0.15, 0.2) is 11.6 Å². The van der Waals surface area contributed by atoms with Gasteiger partial charge in [0, 0.05) is 32.6 Å². The van der Waals surface area contributed by atoms with Crippen molar-refractivity contribution in [3.8, 4) is 0 Å². The Labute approximate surface area is 128 Å². The van der Waals surface area contributed by atoms with Crippen LogP contribution in [0.2, 0.25) is 0 Å². The number of aromatic nitrogens is 2. The molecule has 4 nitrogen and oxygen atoms in total. The summed E-state index contributed by atoms with van der Waals surface area (Å²) >= 11 is 0. The molecule has 116 valence electrons. The summed E-state index contributed by atoms with van der Waals surface area (Å²) in [4.78, 5) is 12.6. The number of piperazine rings is 1. The average Bonchev–Trinajstić information content (AvgIpc) is 2.52. The molecule has 1 fully saturated rings. The lowest BCUT2D eigenvalue weighted by atomic mass is 10.1. The standard InChI is InChI=1S/C16H18F2N4/c1-21-6-8-22(9-7-21)16-14(18)11-19-15(20-16)10-12-2-4-13(17)5-3-12/h2-5,11H,6-10H2,1H3. The van der Waals surface area contributed by atoms with E-state index in [1.54, 1.807) is 12.1 Å². The number of rotatable bonds is 3. The molecule has 2 heterocycles. The smallest absolute Gasteiger partial charge is 0.183 e. The third-order valence-corrected chi connectivity index (χ3v) is 3.85. The van der Waals surface area contributed by atoms with E-state index in [0.29, 0.717) is 18.1 Å². The highest BCUT2D eigenvalue weighted by molar-refractivity contribution is 5.40. The number of hydrogen-bond donors (Lipinski definition) is 0. The molecule has 0 aliphatic carbocycles. The van der Waals surface area contributed by atoms with Gasteiger partial charge in [-0.2, -0.15) is 0 Å². The van der Waals surface area contributed by atoms with E-state index in [2.05, 4.69) is 14.9 Å². The van der Waals surface area contributed by atoms with Crippen LogP contribution in [0.25, 0.3) is 0 Å². The van der Waals surface area contributed by atoms with Crippen molar-refractivity contribution in [2.24, 2.45) is 0 Å². The second kappa shape index (κ2) is 6.36. The molecule has 0 radical (unpaired) electrons. The molecule has 0 spiro atoms. The van der Waals surface area contributed by atoms with Crippen molar-refractivity contribution >= 4 is 5.82 Å². The van der Waals surface area contributed by atoms with E-state index in [1.165, 1.54) is 18.3 Å². The molecular formula is C16H18F2N4. The molecule has 6 heteroatoms. The van der Waals surface area contributed by atoms with Gasteiger partial charge in [0.25, 0.3) is 0 Å². The first-order chi connectivity index (χ1) is 10.6. The lowest BCUT2D eigenvalue weighted by molar-refractivity contribution is 0.310. The van der Waals surface area contributed by atoms with E-state index < -0.39 is 5.82 Å². The number of nitrogens with zero attached hydrogens (tertiary/aromatic N) is 4. The highest BCUT2D eigenvalue weighted by Crippen LogP contribution is 2.18. The summed E-state index contributed by atoms with van der Waals surface area (Å²) in [6.45, 7) is 3.27. The van der Waals surface area contributed by atoms with Crippen LogP contribution in [-0.2, 0) is 6.42 Å². The number of hydrogen-bond acceptors (Lipinski definition) is 4. The second-order valence-electron chi connectivity index (χ2n) is 5.55. The van der Waals surface area contributed by atoms with Crippen molar-refractivity contribution in [2.75, 3.05) is 38.1 Å². The van der Waals surface area contributed by atoms with Gasteiger partial charge >= 0.3 is 0 Å². The van der Waals surface area contributed by atoms with Crippen molar-refractivity contribution in [1.82, 2.24) is 14.9 Å². The minimum atomic E-state index is -0.396. The Balaban J connectivity index is 1.78. The predicted octanol–water partition coefficient (Wildman–Crippen LogP) is 2.10. The molecule has 1 aliphatic heterocycles. The van der Waals surface area contributed by atoms with Gasteiger partial charge in [-0.3, -0.25) is 0 Å². The quantitative estimate of drug-likeness (QED) is 0.869. The third kappa shape index (κ3) is 3.39. The summed E-state index contributed by atoms with van der Waals surface area (Å²) in [5, 5.41) is 0. The van der Waals surface area contributed by atoms with Gasteiger partial charge in [-0.15, -0.1) is 0 Å². The molecule has 0 saturated carbocycles. The minimum Gasteiger partial charge on any atom is -0.352 e. The van der Waals surface area contributed by atoms with Crippen LogP contribution in [0.15, 0.2) is 30.5 Å². The zero-order valence-electron chi connectivity index (χ0n) is 12.5. The van der Waals surface area contributed by atoms with Crippen LogP contribution in [0.5, 0.6) is 0 Å². The van der Waals surface area contributed by atoms with E-state index >= 15 is 0 Å². The molecule has 0 amide bonds. The molecule has 0 unspecified atom stereocenters. The summed E-state index contributed by atoms with van der Waals surface area (Å²) in [6.07, 6.45) is 1.68. The summed E-state index contributed by atoms with van der Waals surface area (Å²) in [5.74, 6) is 0.233. The predicted molar refractivity (Wildman–Crippen MR) is 80.9 cm³/mol. The van der Waals surface area contributed by atoms with E-state index in [4.69, 9.17) is 0 Å². The molecule has 0 atom stereocenters. The van der Waals surface area contributed by atoms with Crippen LogP contribution in [0, 0.1) is 11.6 Å². The summed E-state index contributed by atoms with van der Waals surface area (Å²) in [6, 6.07) is 6.19. The fraction of sp³-hybridized carbons (Fsp3) is 0.375. The molecule has 1 saturated heterocycles. The van der Waals surface area contributed by atoms with Gasteiger partial charge in [0.05, 0.1) is 6.20 Å². The molecular weight excluding hydrogens is 286 g/mol. The Kier molecular flexibility index (Phi) is 4.29. The molecule has 1 aromatic heterocycles. The highest BCUT2D eigenvalue weighted by atomic mass is 19.1. The molecule has 22 heavy (non-hydrogen) atoms. The first kappa shape index (κ1) is 14.8. The fourth-order valence-electron chi connectivity index (χ4n) is 2.50. The summed E-state index contributed by atoms with van der Waals surface area (Å²) < 4.78 is 26.9. The van der Waals surface area contributed by atoms with Gasteiger partial charge in [-0.05, 0) is 24.7 Å². The van der Waals surface area contributed by atoms with Gasteiger partial charge in [-0.25, -0.2) is 18.7 Å². The average molecular weight is 304 g/mol. The summed E-state index contributed by atoms with van der Waals surface area (Å²) in [7, 11) is 2.05. The van der Waals surface area contributed by atoms with Crippen molar-refractivity contribution in [3.63, 3.8) is 0 Å². The third-order valence-electron chi connectivity index (χ3n) is 3.85. The number of likely N-dealkylation sites (N-methyl/N-ethyl adjacent to an activating group) is 1. The Morgan fingerprint density at radius 3 is 2.41 bits per heavy atom. The Morgan fingerprint density at radius 1 is 1.05 bits per heavy atom. The second-order valence-corrected chi connectivity index (χ2v) is 5.55. The topological polar surface area (TPSA) is 32.3 Å². The van der Waals surface area contributed by atoms with Crippen LogP contribution in [-0.4, -0.2) is 48.1 Å². The molecule has 0 N–H and O–H groups in total. The number of anilines is 1. The molecule has 1 aromatic carbocycles. The normalized spacial score (nSPS) is 16.0. The molecule has 1 aliphatic rings. The zero-order valence-corrected chi connectivity index (χ0v) is 12.5. The molecule has 0 bridgehead atoms. The number of halogens is 2. The van der Waals surface area contributed by atoms with Gasteiger partial charge < -0.3 is 9.80 Å². The Hall–Kier alpha value is -2.08. The lowest BCUT2D eigenvalue weighted by Crippen LogP contribution is -2.45. The van der Waals surface area contributed by atoms with Crippen LogP contribution in [0.3, 0.4) is 0 Å². The fourth-order valence-corrected chi connectivity index (χ4v) is 2.50. The van der Waals surface area contributed by atoms with Crippen LogP contribution < -0.4 is 4.90 Å². The van der Waals surface area contributed by atoms with E-state index in [1.807, 2.05) is 11.9 Å². The first-order valence-corrected chi connectivity index (χ1v) is 7.31. The van der Waals surface area contributed by atoms with E-state index in [9.17, 15) is 8.78 Å². The van der Waals surface area contributed by atoms with Crippen LogP contribution in [0.4, 0.5) is 14.6 Å². The van der Waals surface area contributed by atoms with E-state index in [-0.39, 0.29) is 5.82 Å². The minimum absolute atomic E-state index is 0.276. The molecule has 2 aromatic rings. The van der Waals surface area contributed by atoms with Gasteiger partial charge in [0.1, 0.15) is 11.6 Å². The largest absolute Gasteiger partial charge is 0.352 e. The SMILES string of the molecule is CN1CCN(c2nc(Cc3ccc(F)cc3)ncc2F)CC1. The van der Waals surface area contributed by atoms with E-state index in [0.717, 1.165) is 31.7 Å². The lowest BCUT2D eigenvalue weighted by Gasteiger charge is -2.33.